The van der Waals surface area contributed by atoms with Crippen LogP contribution >= 0.6 is 12.2 Å². The Balaban J connectivity index is 2.09. The average Bonchev–Trinajstić information content (AvgIpc) is 3.15. The first-order valence-corrected chi connectivity index (χ1v) is 9.37. The molecule has 0 fully saturated rings. The summed E-state index contributed by atoms with van der Waals surface area (Å²) >= 11 is 5.01. The van der Waals surface area contributed by atoms with E-state index in [2.05, 4.69) is 10.1 Å². The van der Waals surface area contributed by atoms with Gasteiger partial charge in [0, 0.05) is 19.9 Å². The molecule has 9 nitrogen and oxygen atoms in total. The van der Waals surface area contributed by atoms with Gasteiger partial charge in [0.15, 0.2) is 16.3 Å². The van der Waals surface area contributed by atoms with Crippen molar-refractivity contribution < 1.29 is 19.4 Å². The number of methoxy groups -OCH3 is 2. The van der Waals surface area contributed by atoms with Crippen molar-refractivity contribution >= 4 is 23.8 Å². The molecule has 1 aliphatic heterocycles. The molecule has 1 aromatic heterocycles. The van der Waals surface area contributed by atoms with Crippen LogP contribution in [0.25, 0.3) is 0 Å². The predicted octanol–water partition coefficient (Wildman–Crippen LogP) is 2.25. The number of carbonyl (C=O) groups excluding carboxylic acids is 1. The number of amides is 1. The number of aromatic amines is 1. The molecular weight excluding hydrogens is 396 g/mol. The van der Waals surface area contributed by atoms with Crippen LogP contribution in [0.4, 0.5) is 0 Å². The first-order valence-electron chi connectivity index (χ1n) is 8.96. The van der Waals surface area contributed by atoms with E-state index < -0.39 is 11.6 Å². The fraction of sp³-hybridized carbons (Fsp3) is 0.368. The lowest BCUT2D eigenvalue weighted by atomic mass is 9.98. The molecule has 154 valence electrons. The smallest absolute Gasteiger partial charge is 0.264 e. The average molecular weight is 418 g/mol. The monoisotopic (exact) mass is 418 g/mol. The molecule has 2 aromatic rings. The largest absolute Gasteiger partial charge is 0.494 e. The summed E-state index contributed by atoms with van der Waals surface area (Å²) in [5.41, 5.74) is 0.513. The van der Waals surface area contributed by atoms with E-state index in [1.54, 1.807) is 26.2 Å². The molecular formula is C19H22N4O5S. The van der Waals surface area contributed by atoms with Gasteiger partial charge in [-0.05, 0) is 29.9 Å². The highest BCUT2D eigenvalue weighted by molar-refractivity contribution is 7.71. The molecule has 0 aliphatic carbocycles. The standard InChI is InChI=1S/C19H22N4O5S/c1-5-15(24)23-12(10-6-7-13(27-3)14(8-10)28-4)9-11(21-23)16-17(25)20-19(29)22(2)18(16)26/h6-8,12,26H,5,9H2,1-4H3,(H,20,25,29). The SMILES string of the molecule is CCC(=O)N1N=C(c2c(O)n(C)c(=S)[nH]c2=O)CC1c1ccc(OC)c(OC)c1. The molecule has 29 heavy (non-hydrogen) atoms. The molecule has 1 amide bonds. The van der Waals surface area contributed by atoms with E-state index in [1.165, 1.54) is 23.7 Å². The van der Waals surface area contributed by atoms with Crippen molar-refractivity contribution in [3.05, 3.63) is 44.5 Å². The Morgan fingerprint density at radius 3 is 2.66 bits per heavy atom. The van der Waals surface area contributed by atoms with Crippen molar-refractivity contribution in [1.82, 2.24) is 14.6 Å². The number of nitrogens with one attached hydrogen (secondary N) is 1. The summed E-state index contributed by atoms with van der Waals surface area (Å²) < 4.78 is 12.0. The molecule has 1 unspecified atom stereocenters. The molecule has 2 heterocycles. The molecule has 0 radical (unpaired) electrons. The van der Waals surface area contributed by atoms with Crippen molar-refractivity contribution in [2.24, 2.45) is 12.1 Å². The molecule has 0 spiro atoms. The minimum Gasteiger partial charge on any atom is -0.494 e. The Morgan fingerprint density at radius 1 is 1.34 bits per heavy atom. The Labute approximate surface area is 172 Å². The van der Waals surface area contributed by atoms with Crippen molar-refractivity contribution in [3.63, 3.8) is 0 Å². The van der Waals surface area contributed by atoms with Crippen molar-refractivity contribution in [2.45, 2.75) is 25.8 Å². The van der Waals surface area contributed by atoms with Gasteiger partial charge < -0.3 is 14.6 Å². The zero-order valence-corrected chi connectivity index (χ0v) is 17.4. The number of aromatic hydroxyl groups is 1. The lowest BCUT2D eigenvalue weighted by molar-refractivity contribution is -0.132. The normalized spacial score (nSPS) is 15.9. The van der Waals surface area contributed by atoms with E-state index in [0.29, 0.717) is 17.2 Å². The highest BCUT2D eigenvalue weighted by Crippen LogP contribution is 2.38. The second-order valence-corrected chi connectivity index (χ2v) is 6.88. The maximum Gasteiger partial charge on any atom is 0.264 e. The maximum atomic E-state index is 12.5. The number of hydrogen-bond donors (Lipinski definition) is 2. The third kappa shape index (κ3) is 3.63. The molecule has 1 aromatic carbocycles. The van der Waals surface area contributed by atoms with Gasteiger partial charge in [-0.2, -0.15) is 5.10 Å². The van der Waals surface area contributed by atoms with Gasteiger partial charge in [-0.3, -0.25) is 19.1 Å². The fourth-order valence-corrected chi connectivity index (χ4v) is 3.42. The number of nitrogens with zero attached hydrogens (tertiary/aromatic N) is 3. The molecule has 10 heteroatoms. The highest BCUT2D eigenvalue weighted by atomic mass is 32.1. The Morgan fingerprint density at radius 2 is 2.03 bits per heavy atom. The quantitative estimate of drug-likeness (QED) is 0.721. The number of hydrazone groups is 1. The number of hydrogen-bond acceptors (Lipinski definition) is 7. The molecule has 3 rings (SSSR count). The number of H-pyrrole nitrogens is 1. The van der Waals surface area contributed by atoms with E-state index in [1.807, 2.05) is 6.07 Å². The van der Waals surface area contributed by atoms with Gasteiger partial charge in [-0.1, -0.05) is 13.0 Å². The predicted molar refractivity (Wildman–Crippen MR) is 109 cm³/mol. The molecule has 0 saturated heterocycles. The van der Waals surface area contributed by atoms with Gasteiger partial charge in [0.25, 0.3) is 5.56 Å². The summed E-state index contributed by atoms with van der Waals surface area (Å²) in [7, 11) is 4.60. The summed E-state index contributed by atoms with van der Waals surface area (Å²) in [6, 6.07) is 4.88. The summed E-state index contributed by atoms with van der Waals surface area (Å²) in [4.78, 5) is 27.5. The first-order chi connectivity index (χ1) is 13.8. The van der Waals surface area contributed by atoms with Crippen LogP contribution in [0.3, 0.4) is 0 Å². The van der Waals surface area contributed by atoms with E-state index >= 15 is 0 Å². The number of carbonyl (C=O) groups is 1. The number of ether oxygens (including phenoxy) is 2. The summed E-state index contributed by atoms with van der Waals surface area (Å²) in [5, 5.41) is 16.2. The van der Waals surface area contributed by atoms with Crippen LogP contribution in [0.1, 0.15) is 36.9 Å². The van der Waals surface area contributed by atoms with Crippen LogP contribution in [0.5, 0.6) is 17.4 Å². The van der Waals surface area contributed by atoms with Crippen molar-refractivity contribution in [3.8, 4) is 17.4 Å². The summed E-state index contributed by atoms with van der Waals surface area (Å²) in [5.74, 6) is 0.574. The second-order valence-electron chi connectivity index (χ2n) is 6.49. The molecule has 1 atom stereocenters. The van der Waals surface area contributed by atoms with E-state index in [4.69, 9.17) is 21.7 Å². The number of benzene rings is 1. The lowest BCUT2D eigenvalue weighted by Gasteiger charge is -2.22. The Hall–Kier alpha value is -3.14. The van der Waals surface area contributed by atoms with Gasteiger partial charge in [-0.15, -0.1) is 0 Å². The maximum absolute atomic E-state index is 12.5. The van der Waals surface area contributed by atoms with Gasteiger partial charge in [0.05, 0.1) is 26.0 Å². The number of aromatic nitrogens is 2. The van der Waals surface area contributed by atoms with Gasteiger partial charge in [-0.25, -0.2) is 5.01 Å². The summed E-state index contributed by atoms with van der Waals surface area (Å²) in [6.07, 6.45) is 0.483. The van der Waals surface area contributed by atoms with E-state index in [9.17, 15) is 14.7 Å². The minimum absolute atomic E-state index is 0.00187. The summed E-state index contributed by atoms with van der Waals surface area (Å²) in [6.45, 7) is 1.73. The fourth-order valence-electron chi connectivity index (χ4n) is 3.24. The van der Waals surface area contributed by atoms with Crippen molar-refractivity contribution in [2.75, 3.05) is 14.2 Å². The number of rotatable bonds is 5. The van der Waals surface area contributed by atoms with Gasteiger partial charge >= 0.3 is 0 Å². The lowest BCUT2D eigenvalue weighted by Crippen LogP contribution is -2.26. The zero-order valence-electron chi connectivity index (χ0n) is 16.6. The molecule has 2 N–H and O–H groups in total. The van der Waals surface area contributed by atoms with Crippen LogP contribution in [0.2, 0.25) is 0 Å². The van der Waals surface area contributed by atoms with Crippen LogP contribution in [-0.2, 0) is 11.8 Å². The molecule has 0 saturated carbocycles. The topological polar surface area (TPSA) is 109 Å². The molecule has 1 aliphatic rings. The van der Waals surface area contributed by atoms with Crippen LogP contribution in [0, 0.1) is 4.77 Å². The zero-order chi connectivity index (χ0) is 21.3. The third-order valence-corrected chi connectivity index (χ3v) is 5.22. The van der Waals surface area contributed by atoms with Crippen LogP contribution < -0.4 is 15.0 Å². The Bertz CT molecular complexity index is 1100. The van der Waals surface area contributed by atoms with Gasteiger partial charge in [0.1, 0.15) is 5.56 Å². The minimum atomic E-state index is -0.554. The molecule has 0 bridgehead atoms. The van der Waals surface area contributed by atoms with Crippen LogP contribution in [0.15, 0.2) is 28.1 Å². The second kappa shape index (κ2) is 8.08. The highest BCUT2D eigenvalue weighted by Gasteiger charge is 2.35. The first kappa shape index (κ1) is 20.6. The van der Waals surface area contributed by atoms with E-state index in [0.717, 1.165) is 5.56 Å². The van der Waals surface area contributed by atoms with Crippen LogP contribution in [-0.4, -0.2) is 45.5 Å². The van der Waals surface area contributed by atoms with Crippen molar-refractivity contribution in [1.29, 1.82) is 0 Å². The Kier molecular flexibility index (Phi) is 5.73. The van der Waals surface area contributed by atoms with E-state index in [-0.39, 0.29) is 35.0 Å². The third-order valence-electron chi connectivity index (χ3n) is 4.84. The van der Waals surface area contributed by atoms with Gasteiger partial charge in [0.2, 0.25) is 11.8 Å².